The standard InChI is InChI=1S/C20H20N2O4/c1-2-19(24)21-15-8-6-7-14(11-15)20(25)22-12-17(23)18(13-22)26-16-9-4-3-5-10-16/h2-11,17-18,23H,1,12-13H2,(H,21,24)/t17-,18-/m1/s1. The van der Waals surface area contributed by atoms with Gasteiger partial charge in [0.1, 0.15) is 18.0 Å². The Morgan fingerprint density at radius 2 is 1.92 bits per heavy atom. The van der Waals surface area contributed by atoms with Crippen molar-refractivity contribution in [2.45, 2.75) is 12.2 Å². The third-order valence-electron chi connectivity index (χ3n) is 4.12. The van der Waals surface area contributed by atoms with Crippen molar-refractivity contribution in [2.24, 2.45) is 0 Å². The Morgan fingerprint density at radius 3 is 2.65 bits per heavy atom. The van der Waals surface area contributed by atoms with E-state index in [0.29, 0.717) is 17.0 Å². The third kappa shape index (κ3) is 4.10. The van der Waals surface area contributed by atoms with Crippen LogP contribution in [0, 0.1) is 0 Å². The second-order valence-corrected chi connectivity index (χ2v) is 6.02. The maximum absolute atomic E-state index is 12.7. The van der Waals surface area contributed by atoms with Crippen LogP contribution in [0.25, 0.3) is 0 Å². The number of carbonyl (C=O) groups is 2. The summed E-state index contributed by atoms with van der Waals surface area (Å²) in [6.07, 6.45) is -0.0792. The zero-order valence-corrected chi connectivity index (χ0v) is 14.2. The van der Waals surface area contributed by atoms with Crippen LogP contribution >= 0.6 is 0 Å². The maximum atomic E-state index is 12.7. The van der Waals surface area contributed by atoms with Gasteiger partial charge >= 0.3 is 0 Å². The van der Waals surface area contributed by atoms with Crippen molar-refractivity contribution in [1.82, 2.24) is 4.90 Å². The predicted molar refractivity (Wildman–Crippen MR) is 98.0 cm³/mol. The van der Waals surface area contributed by atoms with Gasteiger partial charge in [-0.1, -0.05) is 30.8 Å². The van der Waals surface area contributed by atoms with E-state index in [0.717, 1.165) is 6.08 Å². The van der Waals surface area contributed by atoms with Crippen LogP contribution in [0.5, 0.6) is 5.75 Å². The summed E-state index contributed by atoms with van der Waals surface area (Å²) in [7, 11) is 0. The normalized spacial score (nSPS) is 19.0. The Hall–Kier alpha value is -3.12. The van der Waals surface area contributed by atoms with E-state index < -0.39 is 12.2 Å². The van der Waals surface area contributed by atoms with E-state index in [-0.39, 0.29) is 24.9 Å². The molecule has 2 amide bonds. The number of hydrogen-bond donors (Lipinski definition) is 2. The first-order valence-electron chi connectivity index (χ1n) is 8.29. The molecule has 0 bridgehead atoms. The molecule has 0 aliphatic carbocycles. The van der Waals surface area contributed by atoms with Gasteiger partial charge in [0, 0.05) is 11.3 Å². The highest BCUT2D eigenvalue weighted by Gasteiger charge is 2.36. The van der Waals surface area contributed by atoms with E-state index in [1.807, 2.05) is 30.3 Å². The van der Waals surface area contributed by atoms with Gasteiger partial charge in [0.15, 0.2) is 0 Å². The second kappa shape index (κ2) is 7.84. The number of amides is 2. The minimum atomic E-state index is -0.761. The van der Waals surface area contributed by atoms with Gasteiger partial charge < -0.3 is 20.1 Å². The maximum Gasteiger partial charge on any atom is 0.254 e. The number of nitrogens with one attached hydrogen (secondary N) is 1. The third-order valence-corrected chi connectivity index (χ3v) is 4.12. The fourth-order valence-electron chi connectivity index (χ4n) is 2.82. The van der Waals surface area contributed by atoms with E-state index in [1.54, 1.807) is 29.2 Å². The molecular formula is C20H20N2O4. The average Bonchev–Trinajstić information content (AvgIpc) is 3.02. The van der Waals surface area contributed by atoms with E-state index in [9.17, 15) is 14.7 Å². The molecule has 6 heteroatoms. The first kappa shape index (κ1) is 17.7. The molecule has 2 N–H and O–H groups in total. The number of ether oxygens (including phenoxy) is 1. The molecule has 2 aromatic rings. The van der Waals surface area contributed by atoms with E-state index in [1.165, 1.54) is 0 Å². The summed E-state index contributed by atoms with van der Waals surface area (Å²) < 4.78 is 5.78. The van der Waals surface area contributed by atoms with Gasteiger partial charge in [0.2, 0.25) is 5.91 Å². The average molecular weight is 352 g/mol. The topological polar surface area (TPSA) is 78.9 Å². The number of benzene rings is 2. The summed E-state index contributed by atoms with van der Waals surface area (Å²) >= 11 is 0. The Balaban J connectivity index is 1.68. The monoisotopic (exact) mass is 352 g/mol. The molecule has 1 aliphatic heterocycles. The molecular weight excluding hydrogens is 332 g/mol. The second-order valence-electron chi connectivity index (χ2n) is 6.02. The molecule has 134 valence electrons. The summed E-state index contributed by atoms with van der Waals surface area (Å²) in [6, 6.07) is 15.9. The largest absolute Gasteiger partial charge is 0.486 e. The first-order chi connectivity index (χ1) is 12.6. The molecule has 0 spiro atoms. The molecule has 1 aliphatic rings. The lowest BCUT2D eigenvalue weighted by molar-refractivity contribution is -0.111. The number of hydrogen-bond acceptors (Lipinski definition) is 4. The molecule has 0 saturated carbocycles. The quantitative estimate of drug-likeness (QED) is 0.808. The van der Waals surface area contributed by atoms with Crippen LogP contribution in [-0.2, 0) is 4.79 Å². The minimum Gasteiger partial charge on any atom is -0.486 e. The number of β-amino-alcohol motifs (C(OH)–C–C–N with tert-alkyl or cyclic N) is 1. The lowest BCUT2D eigenvalue weighted by atomic mass is 10.1. The van der Waals surface area contributed by atoms with Crippen molar-refractivity contribution < 1.29 is 19.4 Å². The highest BCUT2D eigenvalue weighted by Crippen LogP contribution is 2.21. The number of aliphatic hydroxyl groups is 1. The molecule has 0 aromatic heterocycles. The molecule has 2 aromatic carbocycles. The Labute approximate surface area is 151 Å². The predicted octanol–water partition coefficient (Wildman–Crippen LogP) is 2.08. The van der Waals surface area contributed by atoms with Crippen molar-refractivity contribution in [3.63, 3.8) is 0 Å². The van der Waals surface area contributed by atoms with Gasteiger partial charge in [0.05, 0.1) is 13.1 Å². The number of anilines is 1. The number of nitrogens with zero attached hydrogens (tertiary/aromatic N) is 1. The molecule has 26 heavy (non-hydrogen) atoms. The number of para-hydroxylation sites is 1. The van der Waals surface area contributed by atoms with Crippen LogP contribution in [0.15, 0.2) is 67.3 Å². The molecule has 1 saturated heterocycles. The van der Waals surface area contributed by atoms with Crippen LogP contribution < -0.4 is 10.1 Å². The zero-order chi connectivity index (χ0) is 18.5. The van der Waals surface area contributed by atoms with Crippen LogP contribution in [-0.4, -0.2) is 47.1 Å². The minimum absolute atomic E-state index is 0.194. The van der Waals surface area contributed by atoms with Gasteiger partial charge in [-0.05, 0) is 36.4 Å². The number of rotatable bonds is 5. The molecule has 0 unspecified atom stereocenters. The summed E-state index contributed by atoms with van der Waals surface area (Å²) in [6.45, 7) is 3.88. The molecule has 3 rings (SSSR count). The van der Waals surface area contributed by atoms with Crippen molar-refractivity contribution in [2.75, 3.05) is 18.4 Å². The van der Waals surface area contributed by atoms with Gasteiger partial charge in [-0.15, -0.1) is 0 Å². The van der Waals surface area contributed by atoms with Crippen molar-refractivity contribution >= 4 is 17.5 Å². The van der Waals surface area contributed by atoms with E-state index in [2.05, 4.69) is 11.9 Å². The fourth-order valence-corrected chi connectivity index (χ4v) is 2.82. The molecule has 2 atom stereocenters. The lowest BCUT2D eigenvalue weighted by Crippen LogP contribution is -2.31. The van der Waals surface area contributed by atoms with Crippen molar-refractivity contribution in [3.8, 4) is 5.75 Å². The van der Waals surface area contributed by atoms with E-state index >= 15 is 0 Å². The highest BCUT2D eigenvalue weighted by molar-refractivity contribution is 6.00. The fraction of sp³-hybridized carbons (Fsp3) is 0.200. The first-order valence-corrected chi connectivity index (χ1v) is 8.29. The molecule has 1 fully saturated rings. The van der Waals surface area contributed by atoms with Crippen LogP contribution in [0.1, 0.15) is 10.4 Å². The van der Waals surface area contributed by atoms with Crippen molar-refractivity contribution in [1.29, 1.82) is 0 Å². The lowest BCUT2D eigenvalue weighted by Gasteiger charge is -2.17. The molecule has 0 radical (unpaired) electrons. The Bertz CT molecular complexity index is 806. The Morgan fingerprint density at radius 1 is 1.15 bits per heavy atom. The number of aliphatic hydroxyl groups excluding tert-OH is 1. The van der Waals surface area contributed by atoms with Gasteiger partial charge in [-0.3, -0.25) is 9.59 Å². The van der Waals surface area contributed by atoms with Crippen LogP contribution in [0.2, 0.25) is 0 Å². The summed E-state index contributed by atoms with van der Waals surface area (Å²) in [5, 5.41) is 12.9. The highest BCUT2D eigenvalue weighted by atomic mass is 16.5. The summed E-state index contributed by atoms with van der Waals surface area (Å²) in [5.41, 5.74) is 0.942. The molecule has 1 heterocycles. The SMILES string of the molecule is C=CC(=O)Nc1cccc(C(=O)N2C[C@@H](O)[C@H](Oc3ccccc3)C2)c1. The zero-order valence-electron chi connectivity index (χ0n) is 14.2. The Kier molecular flexibility index (Phi) is 5.34. The van der Waals surface area contributed by atoms with Crippen molar-refractivity contribution in [3.05, 3.63) is 72.8 Å². The van der Waals surface area contributed by atoms with Crippen LogP contribution in [0.4, 0.5) is 5.69 Å². The number of likely N-dealkylation sites (tertiary alicyclic amines) is 1. The van der Waals surface area contributed by atoms with Crippen LogP contribution in [0.3, 0.4) is 0 Å². The van der Waals surface area contributed by atoms with Gasteiger partial charge in [-0.25, -0.2) is 0 Å². The van der Waals surface area contributed by atoms with Gasteiger partial charge in [0.25, 0.3) is 5.91 Å². The summed E-state index contributed by atoms with van der Waals surface area (Å²) in [4.78, 5) is 25.7. The van der Waals surface area contributed by atoms with E-state index in [4.69, 9.17) is 4.74 Å². The smallest absolute Gasteiger partial charge is 0.254 e. The summed E-state index contributed by atoms with van der Waals surface area (Å²) in [5.74, 6) is 0.0837. The number of carbonyl (C=O) groups excluding carboxylic acids is 2. The van der Waals surface area contributed by atoms with Gasteiger partial charge in [-0.2, -0.15) is 0 Å². The molecule has 6 nitrogen and oxygen atoms in total.